The van der Waals surface area contributed by atoms with E-state index < -0.39 is 5.60 Å². The van der Waals surface area contributed by atoms with Gasteiger partial charge in [-0.3, -0.25) is 4.79 Å². The third kappa shape index (κ3) is 6.01. The molecule has 4 rings (SSSR count). The molecule has 2 aromatic rings. The quantitative estimate of drug-likeness (QED) is 0.543. The molecule has 5 nitrogen and oxygen atoms in total. The summed E-state index contributed by atoms with van der Waals surface area (Å²) in [6.07, 6.45) is 5.21. The number of nitrogens with zero attached hydrogens (tertiary/aromatic N) is 1. The van der Waals surface area contributed by atoms with Gasteiger partial charge in [-0.2, -0.15) is 0 Å². The van der Waals surface area contributed by atoms with Crippen LogP contribution in [-0.4, -0.2) is 36.3 Å². The van der Waals surface area contributed by atoms with Gasteiger partial charge in [-0.05, 0) is 81.7 Å². The highest BCUT2D eigenvalue weighted by Crippen LogP contribution is 2.42. The fourth-order valence-electron chi connectivity index (χ4n) is 4.26. The Morgan fingerprint density at radius 3 is 2.52 bits per heavy atom. The number of benzene rings is 2. The molecule has 1 amide bonds. The molecule has 166 valence electrons. The normalized spacial score (nSPS) is 17.5. The van der Waals surface area contributed by atoms with Gasteiger partial charge in [-0.15, -0.1) is 0 Å². The zero-order valence-corrected chi connectivity index (χ0v) is 19.8. The largest absolute Gasteiger partial charge is 0.491 e. The van der Waals surface area contributed by atoms with Crippen molar-refractivity contribution in [3.63, 3.8) is 0 Å². The van der Waals surface area contributed by atoms with Gasteiger partial charge in [0, 0.05) is 29.3 Å². The summed E-state index contributed by atoms with van der Waals surface area (Å²) in [5.74, 6) is 2.27. The Kier molecular flexibility index (Phi) is 6.58. The number of rotatable bonds is 7. The Labute approximate surface area is 192 Å². The summed E-state index contributed by atoms with van der Waals surface area (Å²) in [6, 6.07) is 13.1. The smallest absolute Gasteiger partial charge is 0.257 e. The molecule has 2 fully saturated rings. The van der Waals surface area contributed by atoms with Crippen LogP contribution in [0.2, 0.25) is 0 Å². The Hall–Kier alpha value is -2.05. The number of hydrogen-bond donors (Lipinski definition) is 2. The summed E-state index contributed by atoms with van der Waals surface area (Å²) < 4.78 is 6.63. The molecular weight excluding hydrogens is 456 g/mol. The lowest BCUT2D eigenvalue weighted by atomic mass is 9.91. The predicted molar refractivity (Wildman–Crippen MR) is 128 cm³/mol. The maximum absolute atomic E-state index is 13.2. The Balaban J connectivity index is 1.46. The van der Waals surface area contributed by atoms with Crippen molar-refractivity contribution in [2.24, 2.45) is 11.8 Å². The molecular formula is C25H31BrN2O3. The molecule has 0 atom stereocenters. The number of amides is 1. The molecule has 1 aliphatic carbocycles. The minimum absolute atomic E-state index is 0.133. The minimum Gasteiger partial charge on any atom is -0.491 e. The Morgan fingerprint density at radius 1 is 1.13 bits per heavy atom. The molecule has 31 heavy (non-hydrogen) atoms. The predicted octanol–water partition coefficient (Wildman–Crippen LogP) is 5.48. The van der Waals surface area contributed by atoms with Gasteiger partial charge in [-0.1, -0.05) is 22.0 Å². The molecule has 0 bridgehead atoms. The summed E-state index contributed by atoms with van der Waals surface area (Å²) in [7, 11) is 0. The molecule has 0 spiro atoms. The van der Waals surface area contributed by atoms with Gasteiger partial charge in [0.1, 0.15) is 12.4 Å². The SMILES string of the molecule is CC(C)(O)COc1cccc(NC(=O)c2ccc(Br)cc2N2CCC(C3CC3)CC2)c1. The van der Waals surface area contributed by atoms with Crippen LogP contribution in [0.15, 0.2) is 46.9 Å². The van der Waals surface area contributed by atoms with E-state index in [2.05, 4.69) is 32.2 Å². The third-order valence-electron chi connectivity index (χ3n) is 6.06. The van der Waals surface area contributed by atoms with Crippen molar-refractivity contribution >= 4 is 33.2 Å². The highest BCUT2D eigenvalue weighted by atomic mass is 79.9. The van der Waals surface area contributed by atoms with Crippen LogP contribution in [0.1, 0.15) is 49.9 Å². The van der Waals surface area contributed by atoms with Crippen LogP contribution >= 0.6 is 15.9 Å². The van der Waals surface area contributed by atoms with E-state index in [1.165, 1.54) is 25.7 Å². The van der Waals surface area contributed by atoms with E-state index in [0.717, 1.165) is 35.1 Å². The van der Waals surface area contributed by atoms with Crippen LogP contribution in [0, 0.1) is 11.8 Å². The molecule has 2 N–H and O–H groups in total. The van der Waals surface area contributed by atoms with Crippen LogP contribution in [0.3, 0.4) is 0 Å². The van der Waals surface area contributed by atoms with Crippen molar-refractivity contribution in [1.29, 1.82) is 0 Å². The van der Waals surface area contributed by atoms with E-state index in [4.69, 9.17) is 4.74 Å². The summed E-state index contributed by atoms with van der Waals surface area (Å²) in [5, 5.41) is 12.9. The van der Waals surface area contributed by atoms with E-state index in [0.29, 0.717) is 17.0 Å². The molecule has 0 aromatic heterocycles. The maximum Gasteiger partial charge on any atom is 0.257 e. The number of piperidine rings is 1. The molecule has 0 radical (unpaired) electrons. The lowest BCUT2D eigenvalue weighted by molar-refractivity contribution is 0.0285. The summed E-state index contributed by atoms with van der Waals surface area (Å²) >= 11 is 3.57. The van der Waals surface area contributed by atoms with E-state index in [-0.39, 0.29) is 12.5 Å². The first-order chi connectivity index (χ1) is 14.8. The monoisotopic (exact) mass is 486 g/mol. The fourth-order valence-corrected chi connectivity index (χ4v) is 4.61. The van der Waals surface area contributed by atoms with Crippen molar-refractivity contribution in [3.05, 3.63) is 52.5 Å². The van der Waals surface area contributed by atoms with Crippen molar-refractivity contribution in [2.45, 2.75) is 45.1 Å². The van der Waals surface area contributed by atoms with Gasteiger partial charge < -0.3 is 20.1 Å². The molecule has 0 unspecified atom stereocenters. The van der Waals surface area contributed by atoms with Crippen LogP contribution in [0.25, 0.3) is 0 Å². The number of anilines is 2. The number of carbonyl (C=O) groups excluding carboxylic acids is 1. The van der Waals surface area contributed by atoms with Crippen molar-refractivity contribution in [2.75, 3.05) is 29.9 Å². The zero-order chi connectivity index (χ0) is 22.0. The molecule has 1 heterocycles. The molecule has 1 saturated carbocycles. The van der Waals surface area contributed by atoms with Gasteiger partial charge in [0.05, 0.1) is 16.9 Å². The van der Waals surface area contributed by atoms with E-state index in [9.17, 15) is 9.90 Å². The molecule has 1 saturated heterocycles. The number of ether oxygens (including phenoxy) is 1. The van der Waals surface area contributed by atoms with Crippen molar-refractivity contribution in [1.82, 2.24) is 0 Å². The second-order valence-corrected chi connectivity index (χ2v) is 10.3. The third-order valence-corrected chi connectivity index (χ3v) is 6.55. The molecule has 6 heteroatoms. The van der Waals surface area contributed by atoms with Crippen LogP contribution < -0.4 is 15.0 Å². The Bertz CT molecular complexity index is 929. The number of halogens is 1. The van der Waals surface area contributed by atoms with Gasteiger partial charge in [0.15, 0.2) is 0 Å². The molecule has 2 aliphatic rings. The number of carbonyl (C=O) groups is 1. The molecule has 1 aliphatic heterocycles. The first-order valence-corrected chi connectivity index (χ1v) is 11.9. The van der Waals surface area contributed by atoms with E-state index in [1.807, 2.05) is 30.3 Å². The average molecular weight is 487 g/mol. The summed E-state index contributed by atoms with van der Waals surface area (Å²) in [5.41, 5.74) is 1.41. The summed E-state index contributed by atoms with van der Waals surface area (Å²) in [6.45, 7) is 5.57. The lowest BCUT2D eigenvalue weighted by Gasteiger charge is -2.35. The number of hydrogen-bond acceptors (Lipinski definition) is 4. The van der Waals surface area contributed by atoms with Gasteiger partial charge >= 0.3 is 0 Å². The lowest BCUT2D eigenvalue weighted by Crippen LogP contribution is -2.35. The highest BCUT2D eigenvalue weighted by molar-refractivity contribution is 9.10. The second kappa shape index (κ2) is 9.21. The van der Waals surface area contributed by atoms with Crippen LogP contribution in [0.4, 0.5) is 11.4 Å². The van der Waals surface area contributed by atoms with E-state index >= 15 is 0 Å². The highest BCUT2D eigenvalue weighted by Gasteiger charge is 2.34. The van der Waals surface area contributed by atoms with Gasteiger partial charge in [0.2, 0.25) is 0 Å². The second-order valence-electron chi connectivity index (χ2n) is 9.41. The standard InChI is InChI=1S/C25H31BrN2O3/c1-25(2,30)16-31-21-5-3-4-20(15-21)27-24(29)22-9-8-19(26)14-23(22)28-12-10-18(11-13-28)17-6-7-17/h3-5,8-9,14-15,17-18,30H,6-7,10-13,16H2,1-2H3,(H,27,29). The van der Waals surface area contributed by atoms with E-state index in [1.54, 1.807) is 19.9 Å². The van der Waals surface area contributed by atoms with Gasteiger partial charge in [-0.25, -0.2) is 0 Å². The average Bonchev–Trinajstić information content (AvgIpc) is 3.57. The topological polar surface area (TPSA) is 61.8 Å². The summed E-state index contributed by atoms with van der Waals surface area (Å²) in [4.78, 5) is 15.5. The van der Waals surface area contributed by atoms with Crippen molar-refractivity contribution < 1.29 is 14.6 Å². The fraction of sp³-hybridized carbons (Fsp3) is 0.480. The zero-order valence-electron chi connectivity index (χ0n) is 18.2. The number of aliphatic hydroxyl groups is 1. The minimum atomic E-state index is -0.918. The van der Waals surface area contributed by atoms with Gasteiger partial charge in [0.25, 0.3) is 5.91 Å². The maximum atomic E-state index is 13.2. The van der Waals surface area contributed by atoms with Crippen LogP contribution in [0.5, 0.6) is 5.75 Å². The molecule has 2 aromatic carbocycles. The first-order valence-electron chi connectivity index (χ1n) is 11.1. The van der Waals surface area contributed by atoms with Crippen LogP contribution in [-0.2, 0) is 0 Å². The number of nitrogens with one attached hydrogen (secondary N) is 1. The first kappa shape index (κ1) is 22.2. The van der Waals surface area contributed by atoms with Crippen molar-refractivity contribution in [3.8, 4) is 5.75 Å². The Morgan fingerprint density at radius 2 is 1.84 bits per heavy atom.